The zero-order valence-electron chi connectivity index (χ0n) is 15.3. The fourth-order valence-electron chi connectivity index (χ4n) is 3.32. The Morgan fingerprint density at radius 3 is 2.70 bits per heavy atom. The third kappa shape index (κ3) is 2.92. The first-order valence-electron chi connectivity index (χ1n) is 8.64. The minimum Gasteiger partial charge on any atom is -0.504 e. The smallest absolute Gasteiger partial charge is 0.231 e. The minimum atomic E-state index is -1.01. The fourth-order valence-corrected chi connectivity index (χ4v) is 3.32. The van der Waals surface area contributed by atoms with Gasteiger partial charge in [-0.1, -0.05) is 6.07 Å². The number of allylic oxidation sites excluding steroid dienone is 1. The summed E-state index contributed by atoms with van der Waals surface area (Å²) >= 11 is 0. The Morgan fingerprint density at radius 2 is 2.04 bits per heavy atom. The van der Waals surface area contributed by atoms with E-state index >= 15 is 0 Å². The van der Waals surface area contributed by atoms with E-state index in [1.165, 1.54) is 13.2 Å². The number of carbonyl (C=O) groups is 1. The number of phenolic OH excluding ortho intramolecular Hbond substituents is 1. The lowest BCUT2D eigenvalue weighted by atomic mass is 9.96. The standard InChI is InChI=1S/C21H20O6/c1-21(2,24)18-10-13-15(26-18)7-5-12-19(23)17(27-20(12)13)9-11-4-6-16(25-3)14(22)8-11/h4-9,18,22,24H,10H2,1-3H3/b17-9-/t18-/m1/s1. The van der Waals surface area contributed by atoms with Gasteiger partial charge in [0.25, 0.3) is 0 Å². The van der Waals surface area contributed by atoms with Crippen molar-refractivity contribution in [2.24, 2.45) is 0 Å². The summed E-state index contributed by atoms with van der Waals surface area (Å²) in [5.74, 6) is 1.39. The first-order chi connectivity index (χ1) is 12.8. The molecule has 27 heavy (non-hydrogen) atoms. The lowest BCUT2D eigenvalue weighted by Gasteiger charge is -2.24. The normalized spacial score (nSPS) is 19.5. The van der Waals surface area contributed by atoms with Crippen molar-refractivity contribution in [1.82, 2.24) is 0 Å². The maximum absolute atomic E-state index is 12.7. The molecule has 2 aliphatic rings. The second-order valence-electron chi connectivity index (χ2n) is 7.25. The second kappa shape index (κ2) is 6.03. The molecule has 2 heterocycles. The van der Waals surface area contributed by atoms with E-state index in [1.54, 1.807) is 44.2 Å². The van der Waals surface area contributed by atoms with E-state index in [0.717, 1.165) is 5.56 Å². The van der Waals surface area contributed by atoms with Crippen LogP contribution in [0, 0.1) is 0 Å². The van der Waals surface area contributed by atoms with Gasteiger partial charge in [0.2, 0.25) is 5.78 Å². The van der Waals surface area contributed by atoms with Crippen molar-refractivity contribution in [1.29, 1.82) is 0 Å². The number of hydrogen-bond donors (Lipinski definition) is 2. The maximum atomic E-state index is 12.7. The highest BCUT2D eigenvalue weighted by Gasteiger charge is 2.40. The number of hydrogen-bond acceptors (Lipinski definition) is 6. The Balaban J connectivity index is 1.67. The van der Waals surface area contributed by atoms with Crippen LogP contribution in [-0.4, -0.2) is 34.8 Å². The number of phenols is 1. The number of fused-ring (bicyclic) bond motifs is 3. The van der Waals surface area contributed by atoms with Gasteiger partial charge in [0.05, 0.1) is 18.3 Å². The summed E-state index contributed by atoms with van der Waals surface area (Å²) in [5, 5.41) is 20.1. The van der Waals surface area contributed by atoms with Crippen LogP contribution in [0.15, 0.2) is 36.1 Å². The number of aliphatic hydroxyl groups is 1. The van der Waals surface area contributed by atoms with E-state index in [9.17, 15) is 15.0 Å². The summed E-state index contributed by atoms with van der Waals surface area (Å²) < 4.78 is 16.7. The van der Waals surface area contributed by atoms with Crippen LogP contribution in [-0.2, 0) is 6.42 Å². The van der Waals surface area contributed by atoms with Crippen molar-refractivity contribution in [3.05, 3.63) is 52.8 Å². The SMILES string of the molecule is COc1ccc(/C=C2\Oc3c(ccc4c3C[C@H](C(C)(C)O)O4)C2=O)cc1O. The van der Waals surface area contributed by atoms with Crippen LogP contribution in [0.5, 0.6) is 23.0 Å². The van der Waals surface area contributed by atoms with Gasteiger partial charge in [0.15, 0.2) is 17.3 Å². The Bertz CT molecular complexity index is 967. The molecule has 6 heteroatoms. The molecular weight excluding hydrogens is 348 g/mol. The monoisotopic (exact) mass is 368 g/mol. The molecule has 0 aliphatic carbocycles. The predicted octanol–water partition coefficient (Wildman–Crippen LogP) is 3.09. The number of aromatic hydroxyl groups is 1. The number of ketones is 1. The molecule has 2 aromatic carbocycles. The molecule has 1 atom stereocenters. The quantitative estimate of drug-likeness (QED) is 0.810. The average molecular weight is 368 g/mol. The van der Waals surface area contributed by atoms with Gasteiger partial charge in [-0.15, -0.1) is 0 Å². The molecular formula is C21H20O6. The third-order valence-corrected chi connectivity index (χ3v) is 4.85. The van der Waals surface area contributed by atoms with Gasteiger partial charge in [-0.05, 0) is 49.8 Å². The second-order valence-corrected chi connectivity index (χ2v) is 7.25. The van der Waals surface area contributed by atoms with Crippen LogP contribution < -0.4 is 14.2 Å². The van der Waals surface area contributed by atoms with Gasteiger partial charge < -0.3 is 24.4 Å². The number of benzene rings is 2. The third-order valence-electron chi connectivity index (χ3n) is 4.85. The van der Waals surface area contributed by atoms with Crippen LogP contribution in [0.2, 0.25) is 0 Å². The molecule has 0 aromatic heterocycles. The molecule has 0 saturated carbocycles. The lowest BCUT2D eigenvalue weighted by Crippen LogP contribution is -2.39. The van der Waals surface area contributed by atoms with Crippen molar-refractivity contribution in [3.63, 3.8) is 0 Å². The first-order valence-corrected chi connectivity index (χ1v) is 8.64. The number of Topliss-reactive ketones (excluding diaryl/α,β-unsaturated/α-hetero) is 1. The molecule has 0 amide bonds. The molecule has 0 bridgehead atoms. The average Bonchev–Trinajstić information content (AvgIpc) is 3.17. The number of methoxy groups -OCH3 is 1. The minimum absolute atomic E-state index is 0.0166. The highest BCUT2D eigenvalue weighted by molar-refractivity contribution is 6.15. The molecule has 2 N–H and O–H groups in total. The van der Waals surface area contributed by atoms with E-state index in [2.05, 4.69) is 0 Å². The van der Waals surface area contributed by atoms with Gasteiger partial charge in [-0.2, -0.15) is 0 Å². The van der Waals surface area contributed by atoms with Crippen LogP contribution >= 0.6 is 0 Å². The highest BCUT2D eigenvalue weighted by Crippen LogP contribution is 2.45. The molecule has 4 rings (SSSR count). The topological polar surface area (TPSA) is 85.2 Å². The molecule has 6 nitrogen and oxygen atoms in total. The number of ether oxygens (including phenoxy) is 3. The van der Waals surface area contributed by atoms with Crippen molar-refractivity contribution in [2.45, 2.75) is 32.0 Å². The van der Waals surface area contributed by atoms with Crippen molar-refractivity contribution < 1.29 is 29.2 Å². The molecule has 0 fully saturated rings. The van der Waals surface area contributed by atoms with Crippen molar-refractivity contribution >= 4 is 11.9 Å². The lowest BCUT2D eigenvalue weighted by molar-refractivity contribution is -0.0229. The summed E-state index contributed by atoms with van der Waals surface area (Å²) in [6.07, 6.45) is 1.65. The van der Waals surface area contributed by atoms with Gasteiger partial charge in [-0.3, -0.25) is 4.79 Å². The Kier molecular flexibility index (Phi) is 3.89. The molecule has 140 valence electrons. The molecule has 0 unspecified atom stereocenters. The maximum Gasteiger partial charge on any atom is 0.231 e. The highest BCUT2D eigenvalue weighted by atomic mass is 16.5. The Hall–Kier alpha value is -2.99. The largest absolute Gasteiger partial charge is 0.504 e. The Labute approximate surface area is 156 Å². The van der Waals surface area contributed by atoms with Crippen molar-refractivity contribution in [3.8, 4) is 23.0 Å². The van der Waals surface area contributed by atoms with Crippen LogP contribution in [0.4, 0.5) is 0 Å². The summed E-state index contributed by atoms with van der Waals surface area (Å²) in [6, 6.07) is 8.26. The number of carbonyl (C=O) groups excluding carboxylic acids is 1. The van der Waals surface area contributed by atoms with Gasteiger partial charge in [-0.25, -0.2) is 0 Å². The van der Waals surface area contributed by atoms with E-state index in [1.807, 2.05) is 0 Å². The van der Waals surface area contributed by atoms with E-state index in [-0.39, 0.29) is 17.3 Å². The fraction of sp³-hybridized carbons (Fsp3) is 0.286. The van der Waals surface area contributed by atoms with Gasteiger partial charge in [0.1, 0.15) is 17.6 Å². The van der Waals surface area contributed by atoms with Crippen LogP contribution in [0.3, 0.4) is 0 Å². The summed E-state index contributed by atoms with van der Waals surface area (Å²) in [5.41, 5.74) is 0.867. The van der Waals surface area contributed by atoms with E-state index in [4.69, 9.17) is 14.2 Å². The molecule has 0 radical (unpaired) electrons. The van der Waals surface area contributed by atoms with E-state index in [0.29, 0.717) is 34.8 Å². The number of rotatable bonds is 3. The molecule has 2 aromatic rings. The zero-order valence-corrected chi connectivity index (χ0v) is 15.3. The molecule has 2 aliphatic heterocycles. The first kappa shape index (κ1) is 17.4. The Morgan fingerprint density at radius 1 is 1.26 bits per heavy atom. The molecule has 0 spiro atoms. The summed E-state index contributed by atoms with van der Waals surface area (Å²) in [7, 11) is 1.47. The van der Waals surface area contributed by atoms with Crippen LogP contribution in [0.1, 0.15) is 35.3 Å². The van der Waals surface area contributed by atoms with Gasteiger partial charge >= 0.3 is 0 Å². The van der Waals surface area contributed by atoms with Crippen LogP contribution in [0.25, 0.3) is 6.08 Å². The van der Waals surface area contributed by atoms with Gasteiger partial charge in [0, 0.05) is 12.0 Å². The summed E-state index contributed by atoms with van der Waals surface area (Å²) in [6.45, 7) is 3.38. The summed E-state index contributed by atoms with van der Waals surface area (Å²) in [4.78, 5) is 12.7. The molecule has 0 saturated heterocycles. The van der Waals surface area contributed by atoms with E-state index < -0.39 is 11.7 Å². The zero-order chi connectivity index (χ0) is 19.3. The predicted molar refractivity (Wildman–Crippen MR) is 98.5 cm³/mol. The van der Waals surface area contributed by atoms with Crippen molar-refractivity contribution in [2.75, 3.05) is 7.11 Å².